The van der Waals surface area contributed by atoms with E-state index >= 15 is 0 Å². The van der Waals surface area contributed by atoms with Crippen molar-refractivity contribution in [2.75, 3.05) is 13.7 Å². The predicted molar refractivity (Wildman–Crippen MR) is 71.7 cm³/mol. The third-order valence-corrected chi connectivity index (χ3v) is 3.87. The van der Waals surface area contributed by atoms with Gasteiger partial charge < -0.3 is 10.5 Å². The van der Waals surface area contributed by atoms with Crippen molar-refractivity contribution in [3.8, 4) is 5.75 Å². The van der Waals surface area contributed by atoms with Gasteiger partial charge in [-0.05, 0) is 80.3 Å². The summed E-state index contributed by atoms with van der Waals surface area (Å²) in [4.78, 5) is 0. The van der Waals surface area contributed by atoms with E-state index in [1.165, 1.54) is 42.4 Å². The Morgan fingerprint density at radius 3 is 2.76 bits per heavy atom. The van der Waals surface area contributed by atoms with Crippen LogP contribution in [0.2, 0.25) is 0 Å². The minimum Gasteiger partial charge on any atom is -0.496 e. The fourth-order valence-corrected chi connectivity index (χ4v) is 2.90. The Labute approximate surface area is 104 Å². The molecule has 0 spiro atoms. The quantitative estimate of drug-likeness (QED) is 0.868. The fraction of sp³-hybridized carbons (Fsp3) is 0.600. The maximum Gasteiger partial charge on any atom is 0.122 e. The summed E-state index contributed by atoms with van der Waals surface area (Å²) in [6.45, 7) is 3.00. The van der Waals surface area contributed by atoms with Gasteiger partial charge in [0.2, 0.25) is 0 Å². The standard InChI is InChI=1S/C15H23NO/c1-11-13-7-4-3-6-12(13)10-15(17-2)14(11)8-5-9-16/h10H,3-9,16H2,1-2H3. The number of hydrogen-bond acceptors (Lipinski definition) is 2. The highest BCUT2D eigenvalue weighted by Gasteiger charge is 2.17. The highest BCUT2D eigenvalue weighted by atomic mass is 16.5. The van der Waals surface area contributed by atoms with Crippen LogP contribution in [0.3, 0.4) is 0 Å². The molecular weight excluding hydrogens is 210 g/mol. The summed E-state index contributed by atoms with van der Waals surface area (Å²) in [5.74, 6) is 1.07. The molecule has 0 saturated heterocycles. The van der Waals surface area contributed by atoms with Gasteiger partial charge in [-0.3, -0.25) is 0 Å². The lowest BCUT2D eigenvalue weighted by atomic mass is 9.85. The van der Waals surface area contributed by atoms with Crippen molar-refractivity contribution < 1.29 is 4.74 Å². The number of aryl methyl sites for hydroxylation is 1. The number of ether oxygens (including phenoxy) is 1. The number of fused-ring (bicyclic) bond motifs is 1. The Balaban J connectivity index is 2.41. The molecule has 1 aliphatic carbocycles. The summed E-state index contributed by atoms with van der Waals surface area (Å²) < 4.78 is 5.55. The second-order valence-electron chi connectivity index (χ2n) is 4.92. The van der Waals surface area contributed by atoms with E-state index in [0.29, 0.717) is 0 Å². The van der Waals surface area contributed by atoms with E-state index < -0.39 is 0 Å². The minimum atomic E-state index is 0.750. The third-order valence-electron chi connectivity index (χ3n) is 3.87. The molecule has 1 aliphatic rings. The summed E-state index contributed by atoms with van der Waals surface area (Å²) in [5.41, 5.74) is 11.5. The van der Waals surface area contributed by atoms with E-state index in [1.54, 1.807) is 12.7 Å². The molecule has 1 aromatic carbocycles. The van der Waals surface area contributed by atoms with Crippen LogP contribution in [0, 0.1) is 6.92 Å². The fourth-order valence-electron chi connectivity index (χ4n) is 2.90. The Morgan fingerprint density at radius 1 is 1.29 bits per heavy atom. The summed E-state index contributed by atoms with van der Waals surface area (Å²) in [6, 6.07) is 2.26. The summed E-state index contributed by atoms with van der Waals surface area (Å²) in [7, 11) is 1.77. The molecule has 0 amide bonds. The van der Waals surface area contributed by atoms with Crippen molar-refractivity contribution in [2.45, 2.75) is 45.4 Å². The molecule has 0 unspecified atom stereocenters. The van der Waals surface area contributed by atoms with E-state index in [2.05, 4.69) is 13.0 Å². The van der Waals surface area contributed by atoms with Gasteiger partial charge in [0.25, 0.3) is 0 Å². The van der Waals surface area contributed by atoms with Gasteiger partial charge >= 0.3 is 0 Å². The van der Waals surface area contributed by atoms with Gasteiger partial charge in [-0.1, -0.05) is 0 Å². The Kier molecular flexibility index (Phi) is 4.06. The first kappa shape index (κ1) is 12.4. The van der Waals surface area contributed by atoms with Crippen molar-refractivity contribution in [1.82, 2.24) is 0 Å². The SMILES string of the molecule is COc1cc2c(c(C)c1CCCN)CCCC2. The largest absolute Gasteiger partial charge is 0.496 e. The first-order valence-electron chi connectivity index (χ1n) is 6.66. The zero-order valence-corrected chi connectivity index (χ0v) is 11.0. The normalized spacial score (nSPS) is 14.5. The lowest BCUT2D eigenvalue weighted by Crippen LogP contribution is -2.10. The lowest BCUT2D eigenvalue weighted by Gasteiger charge is -2.23. The van der Waals surface area contributed by atoms with E-state index in [0.717, 1.165) is 25.1 Å². The van der Waals surface area contributed by atoms with Gasteiger partial charge in [-0.2, -0.15) is 0 Å². The molecule has 17 heavy (non-hydrogen) atoms. The Morgan fingerprint density at radius 2 is 2.06 bits per heavy atom. The summed E-state index contributed by atoms with van der Waals surface area (Å²) >= 11 is 0. The number of hydrogen-bond donors (Lipinski definition) is 1. The molecule has 0 saturated carbocycles. The molecule has 2 heteroatoms. The van der Waals surface area contributed by atoms with Crippen LogP contribution in [0.4, 0.5) is 0 Å². The second kappa shape index (κ2) is 5.54. The number of nitrogens with two attached hydrogens (primary N) is 1. The van der Waals surface area contributed by atoms with Crippen LogP contribution < -0.4 is 10.5 Å². The summed E-state index contributed by atoms with van der Waals surface area (Å²) in [5, 5.41) is 0. The van der Waals surface area contributed by atoms with E-state index in [9.17, 15) is 0 Å². The first-order chi connectivity index (χ1) is 8.27. The topological polar surface area (TPSA) is 35.2 Å². The molecule has 0 atom stereocenters. The van der Waals surface area contributed by atoms with Gasteiger partial charge in [-0.25, -0.2) is 0 Å². The molecule has 0 bridgehead atoms. The van der Waals surface area contributed by atoms with E-state index in [-0.39, 0.29) is 0 Å². The second-order valence-corrected chi connectivity index (χ2v) is 4.92. The smallest absolute Gasteiger partial charge is 0.122 e. The summed E-state index contributed by atoms with van der Waals surface area (Å²) in [6.07, 6.45) is 7.17. The van der Waals surface area contributed by atoms with Gasteiger partial charge in [0.05, 0.1) is 7.11 Å². The van der Waals surface area contributed by atoms with Gasteiger partial charge in [0.1, 0.15) is 5.75 Å². The Bertz CT molecular complexity index is 398. The van der Waals surface area contributed by atoms with Crippen molar-refractivity contribution in [3.05, 3.63) is 28.3 Å². The zero-order chi connectivity index (χ0) is 12.3. The highest BCUT2D eigenvalue weighted by Crippen LogP contribution is 2.33. The number of rotatable bonds is 4. The molecule has 0 radical (unpaired) electrons. The average molecular weight is 233 g/mol. The van der Waals surface area contributed by atoms with Crippen LogP contribution in [0.5, 0.6) is 5.75 Å². The van der Waals surface area contributed by atoms with Crippen LogP contribution in [0.25, 0.3) is 0 Å². The number of methoxy groups -OCH3 is 1. The molecule has 2 nitrogen and oxygen atoms in total. The van der Waals surface area contributed by atoms with Gasteiger partial charge in [-0.15, -0.1) is 0 Å². The van der Waals surface area contributed by atoms with E-state index in [1.807, 2.05) is 0 Å². The average Bonchev–Trinajstić information content (AvgIpc) is 2.37. The molecule has 0 heterocycles. The number of benzene rings is 1. The molecule has 0 aromatic heterocycles. The minimum absolute atomic E-state index is 0.750. The van der Waals surface area contributed by atoms with E-state index in [4.69, 9.17) is 10.5 Å². The first-order valence-corrected chi connectivity index (χ1v) is 6.66. The molecule has 94 valence electrons. The molecule has 0 aliphatic heterocycles. The monoisotopic (exact) mass is 233 g/mol. The van der Waals surface area contributed by atoms with Crippen LogP contribution >= 0.6 is 0 Å². The third kappa shape index (κ3) is 2.47. The van der Waals surface area contributed by atoms with Crippen molar-refractivity contribution >= 4 is 0 Å². The van der Waals surface area contributed by atoms with Crippen molar-refractivity contribution in [1.29, 1.82) is 0 Å². The van der Waals surface area contributed by atoms with Crippen LogP contribution in [0.1, 0.15) is 41.5 Å². The zero-order valence-electron chi connectivity index (χ0n) is 11.0. The maximum absolute atomic E-state index is 5.61. The molecular formula is C15H23NO. The molecule has 2 N–H and O–H groups in total. The van der Waals surface area contributed by atoms with Gasteiger partial charge in [0.15, 0.2) is 0 Å². The van der Waals surface area contributed by atoms with Crippen LogP contribution in [-0.4, -0.2) is 13.7 Å². The van der Waals surface area contributed by atoms with Crippen molar-refractivity contribution in [2.24, 2.45) is 5.73 Å². The van der Waals surface area contributed by atoms with Crippen LogP contribution in [-0.2, 0) is 19.3 Å². The van der Waals surface area contributed by atoms with Gasteiger partial charge in [0, 0.05) is 0 Å². The molecule has 1 aromatic rings. The van der Waals surface area contributed by atoms with Crippen LogP contribution in [0.15, 0.2) is 6.07 Å². The van der Waals surface area contributed by atoms with Crippen molar-refractivity contribution in [3.63, 3.8) is 0 Å². The Hall–Kier alpha value is -1.02. The molecule has 2 rings (SSSR count). The maximum atomic E-state index is 5.61. The lowest BCUT2D eigenvalue weighted by molar-refractivity contribution is 0.407. The highest BCUT2D eigenvalue weighted by molar-refractivity contribution is 5.50. The molecule has 0 fully saturated rings. The predicted octanol–water partition coefficient (Wildman–Crippen LogP) is 2.77.